The fourth-order valence-corrected chi connectivity index (χ4v) is 6.90. The molecule has 33 heavy (non-hydrogen) atoms. The van der Waals surface area contributed by atoms with E-state index >= 15 is 0 Å². The zero-order valence-electron chi connectivity index (χ0n) is 21.3. The second-order valence-corrected chi connectivity index (χ2v) is 11.9. The zero-order chi connectivity index (χ0) is 24.2. The summed E-state index contributed by atoms with van der Waals surface area (Å²) in [6.45, 7) is 11.9. The molecule has 5 atom stereocenters. The van der Waals surface area contributed by atoms with Crippen LogP contribution in [-0.4, -0.2) is 35.7 Å². The molecular weight excluding hydrogens is 420 g/mol. The lowest BCUT2D eigenvalue weighted by Crippen LogP contribution is -2.51. The summed E-state index contributed by atoms with van der Waals surface area (Å²) in [5, 5.41) is 0. The van der Waals surface area contributed by atoms with E-state index < -0.39 is 40.6 Å². The monoisotopic (exact) mass is 462 g/mol. The van der Waals surface area contributed by atoms with Crippen molar-refractivity contribution in [3.8, 4) is 0 Å². The SMILES string of the molecule is CCC(CC)(OC(=O)C12CC3CC1C(OC2=O)C3OC(=O)C(C)(C)C(C)C)C1CCCCC1. The van der Waals surface area contributed by atoms with Gasteiger partial charge in [0.1, 0.15) is 17.8 Å². The van der Waals surface area contributed by atoms with Crippen molar-refractivity contribution in [1.29, 1.82) is 0 Å². The zero-order valence-corrected chi connectivity index (χ0v) is 21.3. The Labute approximate surface area is 198 Å². The first-order valence-electron chi connectivity index (χ1n) is 13.2. The summed E-state index contributed by atoms with van der Waals surface area (Å²) in [4.78, 5) is 39.8. The molecule has 0 amide bonds. The third-order valence-electron chi connectivity index (χ3n) is 9.99. The van der Waals surface area contributed by atoms with Gasteiger partial charge in [0, 0.05) is 11.8 Å². The van der Waals surface area contributed by atoms with E-state index in [1.807, 2.05) is 27.7 Å². The number of carbonyl (C=O) groups is 3. The minimum absolute atomic E-state index is 0.0433. The molecule has 0 N–H and O–H groups in total. The Kier molecular flexibility index (Phi) is 6.37. The lowest BCUT2D eigenvalue weighted by Gasteiger charge is -2.43. The Morgan fingerprint density at radius 3 is 2.33 bits per heavy atom. The summed E-state index contributed by atoms with van der Waals surface area (Å²) in [5.74, 6) is -0.974. The molecule has 4 aliphatic rings. The molecule has 1 saturated heterocycles. The van der Waals surface area contributed by atoms with Crippen LogP contribution in [0.15, 0.2) is 0 Å². The fourth-order valence-electron chi connectivity index (χ4n) is 6.90. The van der Waals surface area contributed by atoms with Crippen molar-refractivity contribution >= 4 is 17.9 Å². The topological polar surface area (TPSA) is 78.9 Å². The van der Waals surface area contributed by atoms with Crippen LogP contribution in [0.3, 0.4) is 0 Å². The first kappa shape index (κ1) is 24.5. The summed E-state index contributed by atoms with van der Waals surface area (Å²) >= 11 is 0. The van der Waals surface area contributed by atoms with Gasteiger partial charge in [-0.15, -0.1) is 0 Å². The maximum Gasteiger partial charge on any atom is 0.324 e. The van der Waals surface area contributed by atoms with Gasteiger partial charge in [0.05, 0.1) is 5.41 Å². The van der Waals surface area contributed by atoms with Gasteiger partial charge in [0.15, 0.2) is 5.41 Å². The minimum atomic E-state index is -1.23. The number of esters is 3. The van der Waals surface area contributed by atoms with Gasteiger partial charge in [-0.3, -0.25) is 14.4 Å². The van der Waals surface area contributed by atoms with Crippen LogP contribution in [0.2, 0.25) is 0 Å². The lowest BCUT2D eigenvalue weighted by atomic mass is 9.71. The third kappa shape index (κ3) is 3.61. The second kappa shape index (κ2) is 8.57. The van der Waals surface area contributed by atoms with Crippen molar-refractivity contribution in [3.63, 3.8) is 0 Å². The van der Waals surface area contributed by atoms with Crippen LogP contribution in [0.1, 0.15) is 99.3 Å². The molecular formula is C27H42O6. The fraction of sp³-hybridized carbons (Fsp3) is 0.889. The van der Waals surface area contributed by atoms with Crippen LogP contribution in [0.5, 0.6) is 0 Å². The van der Waals surface area contributed by atoms with Gasteiger partial charge in [-0.05, 0) is 64.2 Å². The number of ether oxygens (including phenoxy) is 3. The van der Waals surface area contributed by atoms with Crippen molar-refractivity contribution in [2.75, 3.05) is 0 Å². The number of hydrogen-bond acceptors (Lipinski definition) is 6. The highest BCUT2D eigenvalue weighted by Gasteiger charge is 2.76. The predicted molar refractivity (Wildman–Crippen MR) is 123 cm³/mol. The molecule has 3 saturated carbocycles. The van der Waals surface area contributed by atoms with Gasteiger partial charge < -0.3 is 14.2 Å². The summed E-state index contributed by atoms with van der Waals surface area (Å²) in [7, 11) is 0. The molecule has 6 nitrogen and oxygen atoms in total. The standard InChI is InChI=1S/C27H42O6/c1-7-26(8-2,18-12-10-9-11-13-18)33-24(30)27-15-17-14-19(27)21(32-23(27)29)20(17)31-22(28)25(5,6)16(3)4/h16-21H,7-15H2,1-6H3. The predicted octanol–water partition coefficient (Wildman–Crippen LogP) is 5.21. The Morgan fingerprint density at radius 2 is 1.76 bits per heavy atom. The van der Waals surface area contributed by atoms with E-state index in [2.05, 4.69) is 13.8 Å². The number of hydrogen-bond donors (Lipinski definition) is 0. The van der Waals surface area contributed by atoms with E-state index in [1.165, 1.54) is 19.3 Å². The summed E-state index contributed by atoms with van der Waals surface area (Å²) in [6, 6.07) is 0. The van der Waals surface area contributed by atoms with Crippen LogP contribution < -0.4 is 0 Å². The van der Waals surface area contributed by atoms with Gasteiger partial charge in [0.25, 0.3) is 0 Å². The molecule has 1 heterocycles. The van der Waals surface area contributed by atoms with Gasteiger partial charge in [-0.2, -0.15) is 0 Å². The van der Waals surface area contributed by atoms with Crippen molar-refractivity contribution in [2.24, 2.45) is 34.5 Å². The summed E-state index contributed by atoms with van der Waals surface area (Å²) < 4.78 is 18.1. The van der Waals surface area contributed by atoms with Gasteiger partial charge in [-0.1, -0.05) is 47.0 Å². The summed E-state index contributed by atoms with van der Waals surface area (Å²) in [6.07, 6.45) is 7.27. The quantitative estimate of drug-likeness (QED) is 0.280. The first-order chi connectivity index (χ1) is 15.5. The number of rotatable bonds is 8. The maximum atomic E-state index is 13.7. The molecule has 4 rings (SSSR count). The molecule has 2 bridgehead atoms. The van der Waals surface area contributed by atoms with Gasteiger partial charge in [-0.25, -0.2) is 0 Å². The molecule has 0 radical (unpaired) electrons. The molecule has 0 aromatic carbocycles. The van der Waals surface area contributed by atoms with Crippen LogP contribution >= 0.6 is 0 Å². The molecule has 5 unspecified atom stereocenters. The van der Waals surface area contributed by atoms with E-state index in [-0.39, 0.29) is 23.7 Å². The Morgan fingerprint density at radius 1 is 1.12 bits per heavy atom. The molecule has 186 valence electrons. The maximum absolute atomic E-state index is 13.7. The van der Waals surface area contributed by atoms with Crippen molar-refractivity contribution in [3.05, 3.63) is 0 Å². The van der Waals surface area contributed by atoms with Crippen LogP contribution in [-0.2, 0) is 28.6 Å². The van der Waals surface area contributed by atoms with E-state index in [4.69, 9.17) is 14.2 Å². The molecule has 0 spiro atoms. The van der Waals surface area contributed by atoms with Crippen LogP contribution in [0.4, 0.5) is 0 Å². The van der Waals surface area contributed by atoms with Gasteiger partial charge in [0.2, 0.25) is 0 Å². The molecule has 4 fully saturated rings. The highest BCUT2D eigenvalue weighted by atomic mass is 16.6. The molecule has 0 aromatic rings. The molecule has 0 aromatic heterocycles. The third-order valence-corrected chi connectivity index (χ3v) is 9.99. The average molecular weight is 463 g/mol. The average Bonchev–Trinajstić information content (AvgIpc) is 3.40. The molecule has 3 aliphatic carbocycles. The minimum Gasteiger partial charge on any atom is -0.458 e. The lowest BCUT2D eigenvalue weighted by molar-refractivity contribution is -0.186. The van der Waals surface area contributed by atoms with E-state index in [0.717, 1.165) is 25.7 Å². The Hall–Kier alpha value is -1.59. The molecule has 1 aliphatic heterocycles. The highest BCUT2D eigenvalue weighted by Crippen LogP contribution is 2.63. The van der Waals surface area contributed by atoms with Crippen LogP contribution in [0, 0.1) is 34.5 Å². The van der Waals surface area contributed by atoms with E-state index in [9.17, 15) is 14.4 Å². The normalized spacial score (nSPS) is 34.0. The summed E-state index contributed by atoms with van der Waals surface area (Å²) in [5.41, 5.74) is -2.36. The molecule has 6 heteroatoms. The van der Waals surface area contributed by atoms with E-state index in [0.29, 0.717) is 18.8 Å². The Bertz CT molecular complexity index is 790. The van der Waals surface area contributed by atoms with Crippen molar-refractivity contribution < 1.29 is 28.6 Å². The highest BCUT2D eigenvalue weighted by molar-refractivity contribution is 6.03. The van der Waals surface area contributed by atoms with E-state index in [1.54, 1.807) is 0 Å². The number of fused-ring (bicyclic) bond motifs is 1. The first-order valence-corrected chi connectivity index (χ1v) is 13.2. The van der Waals surface area contributed by atoms with Gasteiger partial charge >= 0.3 is 17.9 Å². The number of carbonyl (C=O) groups excluding carboxylic acids is 3. The van der Waals surface area contributed by atoms with Crippen molar-refractivity contribution in [2.45, 2.75) is 117 Å². The second-order valence-electron chi connectivity index (χ2n) is 11.9. The van der Waals surface area contributed by atoms with Crippen LogP contribution in [0.25, 0.3) is 0 Å². The smallest absolute Gasteiger partial charge is 0.324 e. The Balaban J connectivity index is 1.52. The largest absolute Gasteiger partial charge is 0.458 e. The van der Waals surface area contributed by atoms with Crippen molar-refractivity contribution in [1.82, 2.24) is 0 Å².